The van der Waals surface area contributed by atoms with E-state index in [1.807, 2.05) is 22.8 Å². The van der Waals surface area contributed by atoms with Crippen molar-refractivity contribution in [3.8, 4) is 0 Å². The SMILES string of the molecule is CCOC(=O)c1cc2cc(Br)ccc2n1CCCS(C)(=O)=O. The van der Waals surface area contributed by atoms with Crippen LogP contribution in [0.1, 0.15) is 23.8 Å². The standard InChI is InChI=1S/C15H18BrNO4S/c1-3-21-15(18)14-10-11-9-12(16)5-6-13(11)17(14)7-4-8-22(2,19)20/h5-6,9-10H,3-4,7-8H2,1-2H3. The maximum absolute atomic E-state index is 12.1. The Bertz CT molecular complexity index is 795. The summed E-state index contributed by atoms with van der Waals surface area (Å²) in [4.78, 5) is 12.1. The highest BCUT2D eigenvalue weighted by Crippen LogP contribution is 2.25. The number of hydrogen-bond acceptors (Lipinski definition) is 4. The number of ether oxygens (including phenoxy) is 1. The second-order valence-electron chi connectivity index (χ2n) is 5.09. The van der Waals surface area contributed by atoms with Crippen LogP contribution in [0.4, 0.5) is 0 Å². The third kappa shape index (κ3) is 4.10. The number of halogens is 1. The highest BCUT2D eigenvalue weighted by molar-refractivity contribution is 9.10. The van der Waals surface area contributed by atoms with Crippen molar-refractivity contribution in [1.82, 2.24) is 4.57 Å². The van der Waals surface area contributed by atoms with Gasteiger partial charge in [-0.05, 0) is 37.6 Å². The quantitative estimate of drug-likeness (QED) is 0.714. The lowest BCUT2D eigenvalue weighted by atomic mass is 10.2. The predicted molar refractivity (Wildman–Crippen MR) is 89.9 cm³/mol. The molecule has 0 amide bonds. The molecule has 0 unspecified atom stereocenters. The van der Waals surface area contributed by atoms with Crippen LogP contribution in [0.3, 0.4) is 0 Å². The zero-order valence-corrected chi connectivity index (χ0v) is 14.9. The smallest absolute Gasteiger partial charge is 0.354 e. The van der Waals surface area contributed by atoms with E-state index >= 15 is 0 Å². The first-order chi connectivity index (χ1) is 10.3. The van der Waals surface area contributed by atoms with Crippen molar-refractivity contribution in [1.29, 1.82) is 0 Å². The molecular weight excluding hydrogens is 370 g/mol. The predicted octanol–water partition coefficient (Wildman–Crippen LogP) is 3.02. The van der Waals surface area contributed by atoms with Crippen LogP contribution in [0.25, 0.3) is 10.9 Å². The minimum Gasteiger partial charge on any atom is -0.461 e. The van der Waals surface area contributed by atoms with Crippen LogP contribution >= 0.6 is 15.9 Å². The monoisotopic (exact) mass is 387 g/mol. The zero-order chi connectivity index (χ0) is 16.3. The van der Waals surface area contributed by atoms with Gasteiger partial charge in [0.25, 0.3) is 0 Å². The maximum atomic E-state index is 12.1. The number of fused-ring (bicyclic) bond motifs is 1. The molecule has 22 heavy (non-hydrogen) atoms. The van der Waals surface area contributed by atoms with Gasteiger partial charge in [-0.3, -0.25) is 0 Å². The topological polar surface area (TPSA) is 65.4 Å². The number of hydrogen-bond donors (Lipinski definition) is 0. The van der Waals surface area contributed by atoms with Gasteiger partial charge in [0, 0.05) is 28.2 Å². The Morgan fingerprint density at radius 2 is 2.05 bits per heavy atom. The average molecular weight is 388 g/mol. The molecule has 0 radical (unpaired) electrons. The minimum absolute atomic E-state index is 0.0888. The summed E-state index contributed by atoms with van der Waals surface area (Å²) in [7, 11) is -3.02. The van der Waals surface area contributed by atoms with E-state index in [1.54, 1.807) is 13.0 Å². The lowest BCUT2D eigenvalue weighted by Gasteiger charge is -2.10. The normalized spacial score (nSPS) is 11.8. The van der Waals surface area contributed by atoms with Gasteiger partial charge in [0.05, 0.1) is 12.4 Å². The van der Waals surface area contributed by atoms with Crippen molar-refractivity contribution in [2.45, 2.75) is 19.9 Å². The molecule has 2 rings (SSSR count). The molecule has 0 aliphatic heterocycles. The molecule has 0 N–H and O–H groups in total. The molecule has 0 saturated carbocycles. The third-order valence-corrected chi connectivity index (χ3v) is 4.77. The first-order valence-electron chi connectivity index (χ1n) is 6.95. The largest absolute Gasteiger partial charge is 0.461 e. The maximum Gasteiger partial charge on any atom is 0.354 e. The van der Waals surface area contributed by atoms with Gasteiger partial charge in [-0.25, -0.2) is 13.2 Å². The minimum atomic E-state index is -3.02. The van der Waals surface area contributed by atoms with Crippen molar-refractivity contribution < 1.29 is 17.9 Å². The number of benzene rings is 1. The van der Waals surface area contributed by atoms with Crippen molar-refractivity contribution in [3.05, 3.63) is 34.4 Å². The Hall–Kier alpha value is -1.34. The molecule has 1 aromatic carbocycles. The van der Waals surface area contributed by atoms with Gasteiger partial charge in [0.15, 0.2) is 0 Å². The molecule has 1 heterocycles. The number of carbonyl (C=O) groups is 1. The van der Waals surface area contributed by atoms with E-state index in [1.165, 1.54) is 6.26 Å². The van der Waals surface area contributed by atoms with Crippen molar-refractivity contribution in [2.75, 3.05) is 18.6 Å². The van der Waals surface area contributed by atoms with Crippen LogP contribution in [0.15, 0.2) is 28.7 Å². The number of carbonyl (C=O) groups excluding carboxylic acids is 1. The third-order valence-electron chi connectivity index (χ3n) is 3.24. The van der Waals surface area contributed by atoms with E-state index in [-0.39, 0.29) is 5.75 Å². The summed E-state index contributed by atoms with van der Waals surface area (Å²) < 4.78 is 30.4. The zero-order valence-electron chi connectivity index (χ0n) is 12.5. The molecule has 0 saturated heterocycles. The van der Waals surface area contributed by atoms with Gasteiger partial charge < -0.3 is 9.30 Å². The number of aromatic nitrogens is 1. The summed E-state index contributed by atoms with van der Waals surface area (Å²) in [6.07, 6.45) is 1.66. The molecule has 0 fully saturated rings. The number of aryl methyl sites for hydroxylation is 1. The van der Waals surface area contributed by atoms with Crippen LogP contribution in [0.5, 0.6) is 0 Å². The molecule has 0 aliphatic carbocycles. The molecule has 2 aromatic rings. The van der Waals surface area contributed by atoms with Gasteiger partial charge in [-0.2, -0.15) is 0 Å². The van der Waals surface area contributed by atoms with E-state index in [0.29, 0.717) is 25.3 Å². The summed E-state index contributed by atoms with van der Waals surface area (Å²) in [6, 6.07) is 7.50. The van der Waals surface area contributed by atoms with E-state index < -0.39 is 15.8 Å². The highest BCUT2D eigenvalue weighted by Gasteiger charge is 2.17. The molecule has 0 aliphatic rings. The Morgan fingerprint density at radius 3 is 2.68 bits per heavy atom. The van der Waals surface area contributed by atoms with Crippen LogP contribution < -0.4 is 0 Å². The molecule has 1 aromatic heterocycles. The van der Waals surface area contributed by atoms with Crippen molar-refractivity contribution in [3.63, 3.8) is 0 Å². The van der Waals surface area contributed by atoms with Gasteiger partial charge in [-0.1, -0.05) is 15.9 Å². The first kappa shape index (κ1) is 17.0. The van der Waals surface area contributed by atoms with E-state index in [9.17, 15) is 13.2 Å². The Balaban J connectivity index is 2.39. The van der Waals surface area contributed by atoms with Crippen LogP contribution in [-0.4, -0.2) is 37.6 Å². The van der Waals surface area contributed by atoms with Gasteiger partial charge in [0.1, 0.15) is 15.5 Å². The average Bonchev–Trinajstić information content (AvgIpc) is 2.76. The van der Waals surface area contributed by atoms with E-state index in [2.05, 4.69) is 15.9 Å². The van der Waals surface area contributed by atoms with Crippen LogP contribution in [0, 0.1) is 0 Å². The summed E-state index contributed by atoms with van der Waals surface area (Å²) >= 11 is 3.41. The second kappa shape index (κ2) is 6.83. The lowest BCUT2D eigenvalue weighted by Crippen LogP contribution is -2.14. The Labute approximate surface area is 138 Å². The van der Waals surface area contributed by atoms with Crippen molar-refractivity contribution >= 4 is 42.6 Å². The molecule has 0 atom stereocenters. The highest BCUT2D eigenvalue weighted by atomic mass is 79.9. The Morgan fingerprint density at radius 1 is 1.32 bits per heavy atom. The first-order valence-corrected chi connectivity index (χ1v) is 9.81. The molecule has 0 spiro atoms. The Kier molecular flexibility index (Phi) is 5.28. The summed E-state index contributed by atoms with van der Waals surface area (Å²) in [5.41, 5.74) is 1.34. The second-order valence-corrected chi connectivity index (χ2v) is 8.26. The van der Waals surface area contributed by atoms with E-state index in [4.69, 9.17) is 4.74 Å². The van der Waals surface area contributed by atoms with E-state index in [0.717, 1.165) is 15.4 Å². The summed E-state index contributed by atoms with van der Waals surface area (Å²) in [5.74, 6) is -0.306. The number of esters is 1. The molecule has 120 valence electrons. The fourth-order valence-electron chi connectivity index (χ4n) is 2.34. The number of rotatable bonds is 6. The molecular formula is C15H18BrNO4S. The van der Waals surface area contributed by atoms with Crippen molar-refractivity contribution in [2.24, 2.45) is 0 Å². The van der Waals surface area contributed by atoms with Gasteiger partial charge in [0.2, 0.25) is 0 Å². The molecule has 5 nitrogen and oxygen atoms in total. The number of sulfone groups is 1. The van der Waals surface area contributed by atoms with Gasteiger partial charge in [-0.15, -0.1) is 0 Å². The van der Waals surface area contributed by atoms with Crippen LogP contribution in [0.2, 0.25) is 0 Å². The fourth-order valence-corrected chi connectivity index (χ4v) is 3.37. The molecule has 0 bridgehead atoms. The number of nitrogens with zero attached hydrogens (tertiary/aromatic N) is 1. The molecule has 7 heteroatoms. The van der Waals surface area contributed by atoms with Crippen LogP contribution in [-0.2, 0) is 21.1 Å². The lowest BCUT2D eigenvalue weighted by molar-refractivity contribution is 0.0514. The fraction of sp³-hybridized carbons (Fsp3) is 0.400. The summed E-state index contributed by atoms with van der Waals surface area (Å²) in [6.45, 7) is 2.50. The summed E-state index contributed by atoms with van der Waals surface area (Å²) in [5, 5.41) is 0.914. The van der Waals surface area contributed by atoms with Gasteiger partial charge >= 0.3 is 5.97 Å².